The molecule has 0 aliphatic rings. The highest BCUT2D eigenvalue weighted by atomic mass is 31.2. The first-order valence-electron chi connectivity index (χ1n) is 11.6. The topological polar surface area (TPSA) is 148 Å². The number of phenolic OH excluding ortho intramolecular Hbond substituents is 1. The van der Waals surface area contributed by atoms with Gasteiger partial charge in [-0.2, -0.15) is 0 Å². The molecule has 3 atom stereocenters. The third-order valence-electron chi connectivity index (χ3n) is 5.66. The van der Waals surface area contributed by atoms with Crippen LogP contribution in [0.15, 0.2) is 54.6 Å². The van der Waals surface area contributed by atoms with Gasteiger partial charge in [0.15, 0.2) is 0 Å². The molecule has 9 nitrogen and oxygen atoms in total. The monoisotopic (exact) mass is 505 g/mol. The van der Waals surface area contributed by atoms with Gasteiger partial charge in [0.1, 0.15) is 17.6 Å². The van der Waals surface area contributed by atoms with Crippen LogP contribution in [-0.2, 0) is 27.0 Å². The SMILES string of the molecule is CNC(=O)[C@H](Cc1ccccc1)NC(=O)[C@H](CC(C)C)NC(CCc1ccccc1O)P(=O)(O)O. The quantitative estimate of drug-likeness (QED) is 0.229. The molecule has 0 saturated carbocycles. The molecule has 35 heavy (non-hydrogen) atoms. The van der Waals surface area contributed by atoms with E-state index in [2.05, 4.69) is 16.0 Å². The van der Waals surface area contributed by atoms with Crippen LogP contribution in [0.3, 0.4) is 0 Å². The molecular formula is C25H36N3O6P. The van der Waals surface area contributed by atoms with Crippen molar-refractivity contribution in [3.8, 4) is 5.75 Å². The number of hydrogen-bond acceptors (Lipinski definition) is 5. The summed E-state index contributed by atoms with van der Waals surface area (Å²) in [4.78, 5) is 45.7. The molecule has 0 saturated heterocycles. The van der Waals surface area contributed by atoms with Crippen molar-refractivity contribution in [1.29, 1.82) is 0 Å². The van der Waals surface area contributed by atoms with Crippen LogP contribution in [0, 0.1) is 5.92 Å². The Morgan fingerprint density at radius 3 is 2.14 bits per heavy atom. The fourth-order valence-electron chi connectivity index (χ4n) is 3.82. The zero-order valence-corrected chi connectivity index (χ0v) is 21.2. The lowest BCUT2D eigenvalue weighted by Gasteiger charge is -2.28. The maximum Gasteiger partial charge on any atom is 0.342 e. The van der Waals surface area contributed by atoms with E-state index in [0.717, 1.165) is 5.56 Å². The maximum atomic E-state index is 13.2. The van der Waals surface area contributed by atoms with E-state index in [4.69, 9.17) is 0 Å². The van der Waals surface area contributed by atoms with Crippen LogP contribution in [0.5, 0.6) is 5.75 Å². The Morgan fingerprint density at radius 1 is 0.943 bits per heavy atom. The molecule has 0 aliphatic heterocycles. The second kappa shape index (κ2) is 13.4. The minimum atomic E-state index is -4.63. The second-order valence-electron chi connectivity index (χ2n) is 8.99. The van der Waals surface area contributed by atoms with E-state index in [9.17, 15) is 29.0 Å². The fraction of sp³-hybridized carbons (Fsp3) is 0.440. The average Bonchev–Trinajstić information content (AvgIpc) is 2.80. The smallest absolute Gasteiger partial charge is 0.342 e. The lowest BCUT2D eigenvalue weighted by molar-refractivity contribution is -0.130. The lowest BCUT2D eigenvalue weighted by Crippen LogP contribution is -2.55. The highest BCUT2D eigenvalue weighted by molar-refractivity contribution is 7.52. The van der Waals surface area contributed by atoms with Crippen LogP contribution in [-0.4, -0.2) is 51.6 Å². The molecule has 2 amide bonds. The third kappa shape index (κ3) is 9.45. The number of rotatable bonds is 13. The van der Waals surface area contributed by atoms with Gasteiger partial charge in [-0.3, -0.25) is 19.5 Å². The van der Waals surface area contributed by atoms with Gasteiger partial charge >= 0.3 is 7.60 Å². The van der Waals surface area contributed by atoms with Crippen molar-refractivity contribution in [2.45, 2.75) is 57.4 Å². The highest BCUT2D eigenvalue weighted by Gasteiger charge is 2.34. The van der Waals surface area contributed by atoms with E-state index in [1.165, 1.54) is 13.1 Å². The molecule has 2 aromatic rings. The lowest BCUT2D eigenvalue weighted by atomic mass is 10.0. The van der Waals surface area contributed by atoms with Gasteiger partial charge in [0.2, 0.25) is 11.8 Å². The average molecular weight is 506 g/mol. The summed E-state index contributed by atoms with van der Waals surface area (Å²) >= 11 is 0. The summed E-state index contributed by atoms with van der Waals surface area (Å²) in [5.74, 6) is -2.09. The van der Waals surface area contributed by atoms with Crippen LogP contribution in [0.2, 0.25) is 0 Å². The van der Waals surface area contributed by atoms with Gasteiger partial charge in [0.05, 0.1) is 6.04 Å². The summed E-state index contributed by atoms with van der Waals surface area (Å²) in [6.07, 6.45) is 0.799. The highest BCUT2D eigenvalue weighted by Crippen LogP contribution is 2.42. The first-order valence-corrected chi connectivity index (χ1v) is 13.3. The molecule has 1 unspecified atom stereocenters. The van der Waals surface area contributed by atoms with Crippen molar-refractivity contribution in [2.24, 2.45) is 5.92 Å². The van der Waals surface area contributed by atoms with E-state index in [-0.39, 0.29) is 36.8 Å². The number of hydrogen-bond donors (Lipinski definition) is 6. The van der Waals surface area contributed by atoms with Crippen LogP contribution in [0.4, 0.5) is 0 Å². The molecule has 2 rings (SSSR count). The van der Waals surface area contributed by atoms with Crippen LogP contribution in [0.25, 0.3) is 0 Å². The molecule has 0 bridgehead atoms. The Bertz CT molecular complexity index is 1010. The molecular weight excluding hydrogens is 469 g/mol. The number of carbonyl (C=O) groups is 2. The second-order valence-corrected chi connectivity index (χ2v) is 10.8. The summed E-state index contributed by atoms with van der Waals surface area (Å²) in [5, 5.41) is 18.2. The molecule has 6 N–H and O–H groups in total. The Hall–Kier alpha value is -2.71. The van der Waals surface area contributed by atoms with Gasteiger partial charge < -0.3 is 25.5 Å². The van der Waals surface area contributed by atoms with E-state index in [1.54, 1.807) is 18.2 Å². The summed E-state index contributed by atoms with van der Waals surface area (Å²) in [5.41, 5.74) is 1.42. The minimum absolute atomic E-state index is 0.00656. The number of nitrogens with one attached hydrogen (secondary N) is 3. The molecule has 2 aromatic carbocycles. The minimum Gasteiger partial charge on any atom is -0.508 e. The van der Waals surface area contributed by atoms with Gasteiger partial charge in [-0.1, -0.05) is 62.4 Å². The summed E-state index contributed by atoms with van der Waals surface area (Å²) in [6.45, 7) is 3.80. The Labute approximate surface area is 206 Å². The Kier molecular flexibility index (Phi) is 10.9. The maximum absolute atomic E-state index is 13.2. The molecule has 0 fully saturated rings. The first-order chi connectivity index (χ1) is 16.5. The summed E-state index contributed by atoms with van der Waals surface area (Å²) in [6, 6.07) is 14.1. The molecule has 0 radical (unpaired) electrons. The standard InChI is InChI=1S/C25H36N3O6P/c1-17(2)15-20(25(31)28-21(24(30)26-3)16-18-9-5-4-6-10-18)27-23(35(32,33)34)14-13-19-11-7-8-12-22(19)29/h4-12,17,20-21,23,27,29H,13-16H2,1-3H3,(H,26,30)(H,28,31)(H2,32,33,34)/t20-,21-,23?/m0/s1. The zero-order chi connectivity index (χ0) is 26.0. The molecule has 10 heteroatoms. The summed E-state index contributed by atoms with van der Waals surface area (Å²) in [7, 11) is -3.15. The van der Waals surface area contributed by atoms with Crippen molar-refractivity contribution in [1.82, 2.24) is 16.0 Å². The normalized spacial score (nSPS) is 14.2. The number of aromatic hydroxyl groups is 1. The Morgan fingerprint density at radius 2 is 1.57 bits per heavy atom. The van der Waals surface area contributed by atoms with Crippen molar-refractivity contribution in [3.63, 3.8) is 0 Å². The van der Waals surface area contributed by atoms with E-state index in [0.29, 0.717) is 12.0 Å². The summed E-state index contributed by atoms with van der Waals surface area (Å²) < 4.78 is 12.3. The van der Waals surface area contributed by atoms with Crippen molar-refractivity contribution < 1.29 is 29.0 Å². The van der Waals surface area contributed by atoms with E-state index < -0.39 is 31.4 Å². The molecule has 0 aromatic heterocycles. The molecule has 0 heterocycles. The van der Waals surface area contributed by atoms with E-state index in [1.807, 2.05) is 44.2 Å². The van der Waals surface area contributed by atoms with Crippen LogP contribution >= 0.6 is 7.60 Å². The number of phenols is 1. The number of amides is 2. The predicted molar refractivity (Wildman–Crippen MR) is 135 cm³/mol. The zero-order valence-electron chi connectivity index (χ0n) is 20.3. The van der Waals surface area contributed by atoms with Crippen LogP contribution < -0.4 is 16.0 Å². The number of aryl methyl sites for hydroxylation is 1. The molecule has 0 spiro atoms. The van der Waals surface area contributed by atoms with Crippen molar-refractivity contribution in [2.75, 3.05) is 7.05 Å². The number of para-hydroxylation sites is 1. The number of benzene rings is 2. The van der Waals surface area contributed by atoms with Crippen molar-refractivity contribution >= 4 is 19.4 Å². The van der Waals surface area contributed by atoms with Gasteiger partial charge in [0.25, 0.3) is 0 Å². The third-order valence-corrected chi connectivity index (χ3v) is 6.88. The number of carbonyl (C=O) groups excluding carboxylic acids is 2. The van der Waals surface area contributed by atoms with Crippen molar-refractivity contribution in [3.05, 3.63) is 65.7 Å². The van der Waals surface area contributed by atoms with Gasteiger partial charge in [0, 0.05) is 13.5 Å². The molecule has 0 aliphatic carbocycles. The number of likely N-dealkylation sites (N-methyl/N-ethyl adjacent to an activating group) is 1. The Balaban J connectivity index is 2.19. The van der Waals surface area contributed by atoms with Gasteiger partial charge in [-0.25, -0.2) is 0 Å². The fourth-order valence-corrected chi connectivity index (χ4v) is 4.66. The predicted octanol–water partition coefficient (Wildman–Crippen LogP) is 2.31. The van der Waals surface area contributed by atoms with Gasteiger partial charge in [-0.05, 0) is 42.4 Å². The first kappa shape index (κ1) is 28.5. The largest absolute Gasteiger partial charge is 0.508 e. The molecule has 192 valence electrons. The van der Waals surface area contributed by atoms with Gasteiger partial charge in [-0.15, -0.1) is 0 Å². The van der Waals surface area contributed by atoms with Crippen LogP contribution in [0.1, 0.15) is 37.8 Å². The van der Waals surface area contributed by atoms with E-state index >= 15 is 0 Å².